The second-order valence-electron chi connectivity index (χ2n) is 19.5. The summed E-state index contributed by atoms with van der Waals surface area (Å²) in [6.07, 6.45) is -39.2. The lowest BCUT2D eigenvalue weighted by Gasteiger charge is -2.54. The molecule has 0 unspecified atom stereocenters. The van der Waals surface area contributed by atoms with Crippen molar-refractivity contribution in [2.75, 3.05) is 67.8 Å². The highest BCUT2D eigenvalue weighted by atomic mass is 31.2. The Morgan fingerprint density at radius 2 is 0.585 bits per heavy atom. The monoisotopic (exact) mass is 1020 g/mol. The van der Waals surface area contributed by atoms with E-state index in [0.29, 0.717) is 83.1 Å². The van der Waals surface area contributed by atoms with Crippen molar-refractivity contribution < 1.29 is 108 Å². The van der Waals surface area contributed by atoms with Gasteiger partial charge in [0.1, 0.15) is 0 Å². The van der Waals surface area contributed by atoms with Crippen molar-refractivity contribution in [3.8, 4) is 0 Å². The lowest BCUT2D eigenvalue weighted by Crippen LogP contribution is -2.64. The summed E-state index contributed by atoms with van der Waals surface area (Å²) in [7, 11) is -1.44. The fraction of sp³-hybridized carbons (Fsp3) is 1.00. The normalized spacial score (nSPS) is 15.9. The van der Waals surface area contributed by atoms with Crippen LogP contribution in [-0.2, 0) is 28.5 Å². The average Bonchev–Trinajstić information content (AvgIpc) is 3.05. The molecule has 0 aromatic heterocycles. The van der Waals surface area contributed by atoms with Gasteiger partial charge in [0.15, 0.2) is 0 Å². The molecule has 0 amide bonds. The van der Waals surface area contributed by atoms with Gasteiger partial charge >= 0.3 is 43.2 Å². The molecule has 0 spiro atoms. The summed E-state index contributed by atoms with van der Waals surface area (Å²) in [4.78, 5) is 9.07. The van der Waals surface area contributed by atoms with Crippen LogP contribution in [0.15, 0.2) is 4.91 Å². The summed E-state index contributed by atoms with van der Waals surface area (Å²) in [5, 5.41) is 0. The van der Waals surface area contributed by atoms with E-state index in [1.54, 1.807) is 0 Å². The van der Waals surface area contributed by atoms with Crippen molar-refractivity contribution in [2.45, 2.75) is 133 Å². The molecular formula is C36H61F18N4O6P. The Kier molecular flexibility index (Phi) is 20.1. The molecule has 0 radical (unpaired) electrons. The second kappa shape index (κ2) is 20.5. The first-order valence-corrected chi connectivity index (χ1v) is 20.7. The fourth-order valence-corrected chi connectivity index (χ4v) is 6.95. The number of alkyl halides is 18. The first-order valence-electron chi connectivity index (χ1n) is 19.1. The van der Waals surface area contributed by atoms with Crippen molar-refractivity contribution in [1.82, 2.24) is 14.0 Å². The molecule has 10 nitrogen and oxygen atoms in total. The summed E-state index contributed by atoms with van der Waals surface area (Å²) < 4.78 is 289. The van der Waals surface area contributed by atoms with Crippen LogP contribution < -0.4 is 0 Å². The third-order valence-corrected chi connectivity index (χ3v) is 13.6. The zero-order valence-electron chi connectivity index (χ0n) is 38.8. The largest absolute Gasteiger partial charge is 0.396 e. The molecule has 0 saturated heterocycles. The van der Waals surface area contributed by atoms with Gasteiger partial charge in [0.25, 0.3) is 0 Å². The van der Waals surface area contributed by atoms with Gasteiger partial charge in [0.05, 0.1) is 72.1 Å². The predicted molar refractivity (Wildman–Crippen MR) is 200 cm³/mol. The van der Waals surface area contributed by atoms with Crippen LogP contribution in [0, 0.1) is 32.5 Å². The van der Waals surface area contributed by atoms with Crippen LogP contribution in [0.3, 0.4) is 0 Å². The Balaban J connectivity index is 9.63. The van der Waals surface area contributed by atoms with Crippen molar-refractivity contribution in [1.29, 1.82) is 0 Å². The lowest BCUT2D eigenvalue weighted by molar-refractivity contribution is -0.481. The first kappa shape index (κ1) is 63.6. The van der Waals surface area contributed by atoms with Gasteiger partial charge < -0.3 is 23.7 Å². The molecule has 0 heterocycles. The number of hydrogen-bond donors (Lipinski definition) is 0. The zero-order valence-corrected chi connectivity index (χ0v) is 39.7. The fourth-order valence-electron chi connectivity index (χ4n) is 3.99. The second-order valence-corrected chi connectivity index (χ2v) is 22.8. The van der Waals surface area contributed by atoms with E-state index in [-0.39, 0.29) is 4.67 Å². The number of halogens is 18. The van der Waals surface area contributed by atoms with E-state index in [1.807, 2.05) is 0 Å². The van der Waals surface area contributed by atoms with E-state index in [9.17, 15) is 79.0 Å². The molecule has 0 bridgehead atoms. The molecule has 0 saturated carbocycles. The predicted octanol–water partition coefficient (Wildman–Crippen LogP) is 12.8. The number of nitrogens with zero attached hydrogens (tertiary/aromatic N) is 4. The Morgan fingerprint density at radius 1 is 0.369 bits per heavy atom. The van der Waals surface area contributed by atoms with Crippen LogP contribution in [0.4, 0.5) is 79.0 Å². The molecule has 0 rings (SSSR count). The molecule has 0 aliphatic heterocycles. The molecule has 0 fully saturated rings. The van der Waals surface area contributed by atoms with Crippen molar-refractivity contribution >= 4 is 7.51 Å². The van der Waals surface area contributed by atoms with Gasteiger partial charge in [-0.3, -0.25) is 0 Å². The number of hydrogen-bond acceptors (Lipinski definition) is 7. The molecule has 0 aromatic carbocycles. The SMILES string of the molecule is CN(C)P(=NOCC(C)(C)C(F)(F)F)(N(C)C)N(C(OCC(C)(C)C(F)(F)F)OCC(C)(C)C(F)(F)F)C(OCC(C)(C)C(F)(F)F)(OCC(C)(C)C(F)(F)F)OCC(C)(C)C(F)(F)F. The Hall–Kier alpha value is -1.39. The van der Waals surface area contributed by atoms with Gasteiger partial charge in [0, 0.05) is 0 Å². The third kappa shape index (κ3) is 15.6. The van der Waals surface area contributed by atoms with Gasteiger partial charge in [-0.1, -0.05) is 0 Å². The molecular weight excluding hydrogens is 957 g/mol. The molecule has 0 N–H and O–H groups in total. The minimum Gasteiger partial charge on any atom is -0.338 e. The molecule has 0 aliphatic carbocycles. The maximum atomic E-state index is 14.5. The molecule has 0 atom stereocenters. The van der Waals surface area contributed by atoms with E-state index >= 15 is 0 Å². The van der Waals surface area contributed by atoms with Gasteiger partial charge in [-0.05, 0) is 111 Å². The van der Waals surface area contributed by atoms with E-state index in [2.05, 4.69) is 4.91 Å². The minimum atomic E-state index is -5.37. The molecule has 392 valence electrons. The van der Waals surface area contributed by atoms with Crippen LogP contribution in [0.2, 0.25) is 0 Å². The lowest BCUT2D eigenvalue weighted by atomic mass is 9.94. The number of rotatable bonds is 23. The summed E-state index contributed by atoms with van der Waals surface area (Å²) in [6, 6.07) is 0. The standard InChI is InChI=1S/C36H61F18N4O6P/c1-24(2,30(37,38)39)17-59-23(60-18-25(3,4)31(40,41)42)58(65(56(13)14,57(15)16)55-64-22-29(11,12)35(52,53)54)36(61-19-26(5,6)32(43,44)45,62-20-27(7,8)33(46,47)48)63-21-28(9,10)34(49,50)51/h23H,17-22H2,1-16H3. The van der Waals surface area contributed by atoms with Gasteiger partial charge in [-0.25, -0.2) is 14.2 Å². The van der Waals surface area contributed by atoms with E-state index in [4.69, 9.17) is 28.5 Å². The highest BCUT2D eigenvalue weighted by molar-refractivity contribution is 7.59. The van der Waals surface area contributed by atoms with E-state index < -0.39 is 129 Å². The third-order valence-electron chi connectivity index (χ3n) is 10.1. The molecule has 0 aromatic rings. The van der Waals surface area contributed by atoms with Crippen molar-refractivity contribution in [3.63, 3.8) is 0 Å². The van der Waals surface area contributed by atoms with Crippen molar-refractivity contribution in [2.24, 2.45) is 37.4 Å². The highest BCUT2D eigenvalue weighted by Gasteiger charge is 2.63. The van der Waals surface area contributed by atoms with Crippen LogP contribution in [0.5, 0.6) is 0 Å². The van der Waals surface area contributed by atoms with Gasteiger partial charge in [-0.2, -0.15) is 79.0 Å². The zero-order chi connectivity index (χ0) is 52.5. The summed E-state index contributed by atoms with van der Waals surface area (Å²) >= 11 is 0. The highest BCUT2D eigenvalue weighted by Crippen LogP contribution is 2.63. The van der Waals surface area contributed by atoms with E-state index in [1.165, 1.54) is 0 Å². The molecule has 0 aliphatic rings. The number of ether oxygens (including phenoxy) is 5. The van der Waals surface area contributed by atoms with Gasteiger partial charge in [-0.15, -0.1) is 9.58 Å². The van der Waals surface area contributed by atoms with Crippen LogP contribution in [0.25, 0.3) is 0 Å². The minimum absolute atomic E-state index is 0.0368. The Morgan fingerprint density at radius 3 is 0.800 bits per heavy atom. The summed E-state index contributed by atoms with van der Waals surface area (Å²) in [6.45, 7) is -5.18. The van der Waals surface area contributed by atoms with Crippen molar-refractivity contribution in [3.05, 3.63) is 0 Å². The van der Waals surface area contributed by atoms with Crippen LogP contribution in [-0.4, -0.2) is 131 Å². The van der Waals surface area contributed by atoms with Crippen LogP contribution in [0.1, 0.15) is 83.1 Å². The quantitative estimate of drug-likeness (QED) is 0.0430. The summed E-state index contributed by atoms with van der Waals surface area (Å²) in [5.74, 6) is 0. The first-order chi connectivity index (χ1) is 28.1. The maximum Gasteiger partial charge on any atom is 0.396 e. The van der Waals surface area contributed by atoms with Crippen LogP contribution >= 0.6 is 7.51 Å². The molecule has 29 heteroatoms. The Bertz CT molecular complexity index is 1450. The molecule has 65 heavy (non-hydrogen) atoms. The smallest absolute Gasteiger partial charge is 0.338 e. The van der Waals surface area contributed by atoms with Gasteiger partial charge in [0.2, 0.25) is 13.9 Å². The topological polar surface area (TPSA) is 77.5 Å². The Labute approximate surface area is 367 Å². The average molecular weight is 1020 g/mol. The van der Waals surface area contributed by atoms with E-state index in [0.717, 1.165) is 37.5 Å². The maximum absolute atomic E-state index is 14.5. The summed E-state index contributed by atoms with van der Waals surface area (Å²) in [5.41, 5.74) is -18.7.